The molecule has 1 aromatic carbocycles. The minimum absolute atomic E-state index is 0.0275. The molecule has 0 spiro atoms. The molecule has 1 fully saturated rings. The Morgan fingerprint density at radius 3 is 2.52 bits per heavy atom. The molecule has 0 N–H and O–H groups in total. The molecule has 0 bridgehead atoms. The zero-order valence-electron chi connectivity index (χ0n) is 15.1. The average Bonchev–Trinajstić information content (AvgIpc) is 2.58. The maximum atomic E-state index is 12.2. The first-order valence-electron chi connectivity index (χ1n) is 8.11. The van der Waals surface area contributed by atoms with E-state index in [4.69, 9.17) is 9.47 Å². The number of likely N-dealkylation sites (N-methyl/N-ethyl adjacent to an activating group) is 1. The van der Waals surface area contributed by atoms with Gasteiger partial charge in [0.2, 0.25) is 5.91 Å². The number of amides is 1. The molecular formula is C18H24N2O5. The molecule has 1 saturated heterocycles. The summed E-state index contributed by atoms with van der Waals surface area (Å²) in [5.41, 5.74) is 1.47. The molecule has 1 amide bonds. The number of ketones is 1. The number of hydrogen-bond donors (Lipinski definition) is 0. The van der Waals surface area contributed by atoms with Crippen LogP contribution in [0.3, 0.4) is 0 Å². The predicted octanol–water partition coefficient (Wildman–Crippen LogP) is 0.894. The van der Waals surface area contributed by atoms with E-state index >= 15 is 0 Å². The van der Waals surface area contributed by atoms with Crippen LogP contribution in [0.2, 0.25) is 0 Å². The zero-order valence-corrected chi connectivity index (χ0v) is 15.1. The monoisotopic (exact) mass is 348 g/mol. The fourth-order valence-electron chi connectivity index (χ4n) is 2.89. The lowest BCUT2D eigenvalue weighted by Gasteiger charge is -2.32. The molecule has 136 valence electrons. The summed E-state index contributed by atoms with van der Waals surface area (Å²) < 4.78 is 10.1. The minimum atomic E-state index is -0.866. The molecule has 25 heavy (non-hydrogen) atoms. The summed E-state index contributed by atoms with van der Waals surface area (Å²) in [7, 11) is 4.69. The van der Waals surface area contributed by atoms with Crippen LogP contribution in [0.5, 0.6) is 5.75 Å². The average molecular weight is 348 g/mol. The topological polar surface area (TPSA) is 76.2 Å². The number of anilines is 1. The highest BCUT2D eigenvalue weighted by atomic mass is 16.5. The Labute approximate surface area is 147 Å². The zero-order chi connectivity index (χ0) is 18.6. The normalized spacial score (nSPS) is 16.5. The Kier molecular flexibility index (Phi) is 6.14. The van der Waals surface area contributed by atoms with Crippen LogP contribution in [-0.4, -0.2) is 63.5 Å². The first-order chi connectivity index (χ1) is 11.9. The molecule has 0 radical (unpaired) electrons. The molecule has 0 unspecified atom stereocenters. The van der Waals surface area contributed by atoms with Crippen LogP contribution in [0.15, 0.2) is 18.2 Å². The van der Waals surface area contributed by atoms with Gasteiger partial charge in [-0.3, -0.25) is 19.3 Å². The van der Waals surface area contributed by atoms with E-state index in [0.717, 1.165) is 17.8 Å². The fraction of sp³-hybridized carbons (Fsp3) is 0.500. The molecule has 1 aliphatic heterocycles. The second-order valence-corrected chi connectivity index (χ2v) is 6.17. The van der Waals surface area contributed by atoms with Gasteiger partial charge in [0.05, 0.1) is 20.8 Å². The van der Waals surface area contributed by atoms with Gasteiger partial charge >= 0.3 is 5.97 Å². The maximum Gasteiger partial charge on any atom is 0.316 e. The highest BCUT2D eigenvalue weighted by molar-refractivity contribution is 5.98. The number of esters is 1. The second kappa shape index (κ2) is 8.11. The summed E-state index contributed by atoms with van der Waals surface area (Å²) in [6.45, 7) is 3.14. The van der Waals surface area contributed by atoms with Gasteiger partial charge in [0.1, 0.15) is 17.5 Å². The van der Waals surface area contributed by atoms with Crippen molar-refractivity contribution < 1.29 is 23.9 Å². The van der Waals surface area contributed by atoms with E-state index in [2.05, 4.69) is 0 Å². The van der Waals surface area contributed by atoms with E-state index in [0.29, 0.717) is 18.8 Å². The van der Waals surface area contributed by atoms with Gasteiger partial charge in [-0.05, 0) is 32.0 Å². The minimum Gasteiger partial charge on any atom is -0.496 e. The third-order valence-electron chi connectivity index (χ3n) is 4.39. The second-order valence-electron chi connectivity index (χ2n) is 6.17. The number of rotatable bonds is 6. The lowest BCUT2D eigenvalue weighted by atomic mass is 9.95. The maximum absolute atomic E-state index is 12.2. The third kappa shape index (κ3) is 4.36. The summed E-state index contributed by atoms with van der Waals surface area (Å²) >= 11 is 0. The van der Waals surface area contributed by atoms with Crippen LogP contribution >= 0.6 is 0 Å². The summed E-state index contributed by atoms with van der Waals surface area (Å²) in [4.78, 5) is 39.5. The number of carbonyl (C=O) groups excluding carboxylic acids is 3. The van der Waals surface area contributed by atoms with Gasteiger partial charge in [0.25, 0.3) is 0 Å². The summed E-state index contributed by atoms with van der Waals surface area (Å²) in [6, 6.07) is 5.38. The van der Waals surface area contributed by atoms with E-state index in [-0.39, 0.29) is 18.1 Å². The SMILES string of the molecule is COC(=O)[C@H](Cc1ccc(N2CCN(C)CC2=O)cc1OC)C(C)=O. The largest absolute Gasteiger partial charge is 0.496 e. The quantitative estimate of drug-likeness (QED) is 0.561. The molecule has 1 aromatic rings. The van der Waals surface area contributed by atoms with Gasteiger partial charge in [-0.1, -0.05) is 6.07 Å². The van der Waals surface area contributed by atoms with Crippen LogP contribution < -0.4 is 9.64 Å². The van der Waals surface area contributed by atoms with Crippen molar-refractivity contribution in [2.75, 3.05) is 45.8 Å². The number of piperazine rings is 1. The Hall–Kier alpha value is -2.41. The van der Waals surface area contributed by atoms with Gasteiger partial charge in [-0.15, -0.1) is 0 Å². The third-order valence-corrected chi connectivity index (χ3v) is 4.39. The molecule has 1 aliphatic rings. The van der Waals surface area contributed by atoms with Crippen molar-refractivity contribution in [3.8, 4) is 5.75 Å². The van der Waals surface area contributed by atoms with E-state index in [1.54, 1.807) is 17.0 Å². The van der Waals surface area contributed by atoms with Crippen molar-refractivity contribution in [2.24, 2.45) is 5.92 Å². The molecule has 0 aliphatic carbocycles. The van der Waals surface area contributed by atoms with E-state index in [9.17, 15) is 14.4 Å². The van der Waals surface area contributed by atoms with E-state index in [1.165, 1.54) is 21.1 Å². The molecule has 2 rings (SSSR count). The highest BCUT2D eigenvalue weighted by Gasteiger charge is 2.27. The molecule has 1 heterocycles. The van der Waals surface area contributed by atoms with Crippen LogP contribution in [0.25, 0.3) is 0 Å². The Balaban J connectivity index is 2.25. The summed E-state index contributed by atoms with van der Waals surface area (Å²) in [5, 5.41) is 0. The van der Waals surface area contributed by atoms with E-state index in [1.807, 2.05) is 18.0 Å². The van der Waals surface area contributed by atoms with E-state index < -0.39 is 11.9 Å². The number of methoxy groups -OCH3 is 2. The van der Waals surface area contributed by atoms with Crippen molar-refractivity contribution in [1.82, 2.24) is 4.90 Å². The summed E-state index contributed by atoms with van der Waals surface area (Å²) in [5.74, 6) is -1.12. The molecule has 1 atom stereocenters. The lowest BCUT2D eigenvalue weighted by molar-refractivity contribution is -0.148. The van der Waals surface area contributed by atoms with Crippen LogP contribution in [0.4, 0.5) is 5.69 Å². The van der Waals surface area contributed by atoms with Crippen molar-refractivity contribution in [2.45, 2.75) is 13.3 Å². The van der Waals surface area contributed by atoms with Gasteiger partial charge in [-0.2, -0.15) is 0 Å². The molecule has 7 heteroatoms. The van der Waals surface area contributed by atoms with Crippen molar-refractivity contribution >= 4 is 23.3 Å². The highest BCUT2D eigenvalue weighted by Crippen LogP contribution is 2.29. The number of hydrogen-bond acceptors (Lipinski definition) is 6. The number of benzene rings is 1. The first-order valence-corrected chi connectivity index (χ1v) is 8.11. The van der Waals surface area contributed by atoms with Crippen LogP contribution in [-0.2, 0) is 25.5 Å². The van der Waals surface area contributed by atoms with Crippen LogP contribution in [0.1, 0.15) is 12.5 Å². The summed E-state index contributed by atoms with van der Waals surface area (Å²) in [6.07, 6.45) is 0.197. The van der Waals surface area contributed by atoms with Crippen LogP contribution in [0, 0.1) is 5.92 Å². The molecule has 0 saturated carbocycles. The van der Waals surface area contributed by atoms with Crippen molar-refractivity contribution in [1.29, 1.82) is 0 Å². The fourth-order valence-corrected chi connectivity index (χ4v) is 2.89. The number of Topliss-reactive ketones (excluding diaryl/α,β-unsaturated/α-hetero) is 1. The Morgan fingerprint density at radius 1 is 1.24 bits per heavy atom. The number of nitrogens with zero attached hydrogens (tertiary/aromatic N) is 2. The number of carbonyl (C=O) groups is 3. The lowest BCUT2D eigenvalue weighted by Crippen LogP contribution is -2.48. The van der Waals surface area contributed by atoms with Gasteiger partial charge < -0.3 is 14.4 Å². The van der Waals surface area contributed by atoms with Crippen molar-refractivity contribution in [3.63, 3.8) is 0 Å². The molecule has 0 aromatic heterocycles. The molecular weight excluding hydrogens is 324 g/mol. The van der Waals surface area contributed by atoms with Gasteiger partial charge in [0.15, 0.2) is 0 Å². The first kappa shape index (κ1) is 18.9. The Morgan fingerprint density at radius 2 is 1.96 bits per heavy atom. The van der Waals surface area contributed by atoms with Crippen molar-refractivity contribution in [3.05, 3.63) is 23.8 Å². The number of ether oxygens (including phenoxy) is 2. The standard InChI is InChI=1S/C18H24N2O5/c1-12(21)15(18(23)25-4)9-13-5-6-14(10-16(13)24-3)20-8-7-19(2)11-17(20)22/h5-6,10,15H,7-9,11H2,1-4H3/t15-/m1/s1. The Bertz CT molecular complexity index is 673. The van der Waals surface area contributed by atoms with Gasteiger partial charge in [-0.25, -0.2) is 0 Å². The predicted molar refractivity (Wildman–Crippen MR) is 92.7 cm³/mol. The molecule has 7 nitrogen and oxygen atoms in total. The smallest absolute Gasteiger partial charge is 0.316 e. The van der Waals surface area contributed by atoms with Gasteiger partial charge in [0, 0.05) is 24.8 Å².